The predicted octanol–water partition coefficient (Wildman–Crippen LogP) is 18.6. The summed E-state index contributed by atoms with van der Waals surface area (Å²) in [6, 6.07) is 97.9. The minimum Gasteiger partial charge on any atom is -0.456 e. The van der Waals surface area contributed by atoms with Crippen molar-refractivity contribution in [3.05, 3.63) is 273 Å². The molecule has 0 unspecified atom stereocenters. The van der Waals surface area contributed by atoms with Crippen LogP contribution in [0.3, 0.4) is 0 Å². The van der Waals surface area contributed by atoms with Crippen LogP contribution in [0.1, 0.15) is 0 Å². The predicted molar refractivity (Wildman–Crippen MR) is 294 cm³/mol. The standard InChI is InChI=1S/C66H45N3O/c1-5-19-46(20-6-1)47-21-17-28-56(42-47)67(51-22-7-2-8-23-51)54-36-38-55(39-37-54)68(52-24-9-3-10-25-52)57-43-49(41-50(44-57)58-31-18-34-65-66(58)61-30-14-16-33-64(61)70-65)48-35-40-60-59-29-13-15-32-62(59)69(63(60)45-48)53-26-11-4-12-27-53/h1-45H. The highest BCUT2D eigenvalue weighted by Crippen LogP contribution is 2.45. The van der Waals surface area contributed by atoms with Gasteiger partial charge in [0.1, 0.15) is 11.2 Å². The van der Waals surface area contributed by atoms with E-state index in [1.54, 1.807) is 0 Å². The van der Waals surface area contributed by atoms with Crippen molar-refractivity contribution in [3.8, 4) is 39.1 Å². The number of benzene rings is 11. The van der Waals surface area contributed by atoms with Crippen LogP contribution in [-0.4, -0.2) is 4.57 Å². The molecular weight excluding hydrogens is 851 g/mol. The number of nitrogens with zero attached hydrogens (tertiary/aromatic N) is 3. The summed E-state index contributed by atoms with van der Waals surface area (Å²) in [6.45, 7) is 0. The van der Waals surface area contributed by atoms with Crippen LogP contribution in [0.25, 0.3) is 82.8 Å². The van der Waals surface area contributed by atoms with Crippen molar-refractivity contribution in [2.45, 2.75) is 0 Å². The van der Waals surface area contributed by atoms with Gasteiger partial charge in [-0.15, -0.1) is 0 Å². The van der Waals surface area contributed by atoms with Gasteiger partial charge in [-0.25, -0.2) is 0 Å². The van der Waals surface area contributed by atoms with Crippen molar-refractivity contribution in [3.63, 3.8) is 0 Å². The van der Waals surface area contributed by atoms with Crippen molar-refractivity contribution in [2.24, 2.45) is 0 Å². The second-order valence-corrected chi connectivity index (χ2v) is 17.7. The smallest absolute Gasteiger partial charge is 0.136 e. The Balaban J connectivity index is 1.00. The minimum atomic E-state index is 0.868. The lowest BCUT2D eigenvalue weighted by Crippen LogP contribution is -2.12. The number of hydrogen-bond acceptors (Lipinski definition) is 3. The molecule has 0 saturated heterocycles. The fraction of sp³-hybridized carbons (Fsp3) is 0. The van der Waals surface area contributed by atoms with E-state index in [-0.39, 0.29) is 0 Å². The zero-order valence-corrected chi connectivity index (χ0v) is 38.2. The van der Waals surface area contributed by atoms with E-state index in [9.17, 15) is 0 Å². The fourth-order valence-corrected chi connectivity index (χ4v) is 10.3. The number of aromatic nitrogens is 1. The van der Waals surface area contributed by atoms with E-state index in [2.05, 4.69) is 281 Å². The summed E-state index contributed by atoms with van der Waals surface area (Å²) in [5.41, 5.74) is 18.4. The van der Waals surface area contributed by atoms with Gasteiger partial charge >= 0.3 is 0 Å². The van der Waals surface area contributed by atoms with Gasteiger partial charge < -0.3 is 18.8 Å². The Labute approximate surface area is 406 Å². The van der Waals surface area contributed by atoms with Gasteiger partial charge in [-0.2, -0.15) is 0 Å². The molecule has 4 nitrogen and oxygen atoms in total. The molecule has 0 aliphatic rings. The van der Waals surface area contributed by atoms with Gasteiger partial charge in [0.25, 0.3) is 0 Å². The molecule has 13 rings (SSSR count). The molecule has 0 radical (unpaired) electrons. The Morgan fingerprint density at radius 1 is 0.271 bits per heavy atom. The lowest BCUT2D eigenvalue weighted by Gasteiger charge is -2.29. The molecule has 0 spiro atoms. The van der Waals surface area contributed by atoms with Gasteiger partial charge in [0, 0.05) is 61.4 Å². The molecule has 13 aromatic rings. The van der Waals surface area contributed by atoms with Gasteiger partial charge in [0.05, 0.1) is 11.0 Å². The monoisotopic (exact) mass is 895 g/mol. The van der Waals surface area contributed by atoms with Crippen LogP contribution in [0.2, 0.25) is 0 Å². The summed E-state index contributed by atoms with van der Waals surface area (Å²) in [6.07, 6.45) is 0. The maximum atomic E-state index is 6.48. The highest BCUT2D eigenvalue weighted by Gasteiger charge is 2.21. The number of fused-ring (bicyclic) bond motifs is 6. The summed E-state index contributed by atoms with van der Waals surface area (Å²) in [4.78, 5) is 4.72. The SMILES string of the molecule is c1ccc(-c2cccc(N(c3ccccc3)c3ccc(N(c4ccccc4)c4cc(-c5ccc6c7ccccc7n(-c7ccccc7)c6c5)cc(-c5cccc6oc7ccccc7c56)c4)cc3)c2)cc1. The second-order valence-electron chi connectivity index (χ2n) is 17.7. The van der Waals surface area contributed by atoms with Gasteiger partial charge in [-0.05, 0) is 149 Å². The molecule has 70 heavy (non-hydrogen) atoms. The fourth-order valence-electron chi connectivity index (χ4n) is 10.3. The van der Waals surface area contributed by atoms with E-state index in [1.807, 2.05) is 6.07 Å². The third-order valence-corrected chi connectivity index (χ3v) is 13.5. The summed E-state index contributed by atoms with van der Waals surface area (Å²) in [5.74, 6) is 0. The van der Waals surface area contributed by atoms with Gasteiger partial charge in [0.15, 0.2) is 0 Å². The zero-order chi connectivity index (χ0) is 46.4. The first-order valence-corrected chi connectivity index (χ1v) is 23.8. The highest BCUT2D eigenvalue weighted by atomic mass is 16.3. The molecule has 4 heteroatoms. The molecular formula is C66H45N3O. The lowest BCUT2D eigenvalue weighted by molar-refractivity contribution is 0.669. The Morgan fingerprint density at radius 3 is 1.50 bits per heavy atom. The third kappa shape index (κ3) is 7.27. The summed E-state index contributed by atoms with van der Waals surface area (Å²) < 4.78 is 8.88. The van der Waals surface area contributed by atoms with Crippen LogP contribution in [0.4, 0.5) is 34.1 Å². The number of furan rings is 1. The Morgan fingerprint density at radius 2 is 0.771 bits per heavy atom. The third-order valence-electron chi connectivity index (χ3n) is 13.5. The summed E-state index contributed by atoms with van der Waals surface area (Å²) >= 11 is 0. The van der Waals surface area contributed by atoms with E-state index in [4.69, 9.17) is 4.42 Å². The Bertz CT molecular complexity index is 3990. The van der Waals surface area contributed by atoms with Crippen LogP contribution in [0.15, 0.2) is 277 Å². The Hall–Kier alpha value is -9.38. The van der Waals surface area contributed by atoms with E-state index in [1.165, 1.54) is 27.4 Å². The van der Waals surface area contributed by atoms with Crippen molar-refractivity contribution in [1.29, 1.82) is 0 Å². The van der Waals surface area contributed by atoms with E-state index < -0.39 is 0 Å². The van der Waals surface area contributed by atoms with Gasteiger partial charge in [0.2, 0.25) is 0 Å². The number of anilines is 6. The molecule has 0 bridgehead atoms. The molecule has 2 heterocycles. The average molecular weight is 896 g/mol. The van der Waals surface area contributed by atoms with Crippen LogP contribution in [-0.2, 0) is 0 Å². The number of hydrogen-bond donors (Lipinski definition) is 0. The van der Waals surface area contributed by atoms with Crippen LogP contribution in [0.5, 0.6) is 0 Å². The molecule has 0 aliphatic carbocycles. The number of para-hydroxylation sites is 5. The molecule has 0 aliphatic heterocycles. The first kappa shape index (κ1) is 40.9. The van der Waals surface area contributed by atoms with Gasteiger partial charge in [-0.3, -0.25) is 0 Å². The highest BCUT2D eigenvalue weighted by molar-refractivity contribution is 6.13. The van der Waals surface area contributed by atoms with E-state index in [0.29, 0.717) is 0 Å². The second kappa shape index (κ2) is 17.4. The van der Waals surface area contributed by atoms with Crippen LogP contribution in [0, 0.1) is 0 Å². The summed E-state index contributed by atoms with van der Waals surface area (Å²) in [7, 11) is 0. The Kier molecular flexibility index (Phi) is 10.1. The van der Waals surface area contributed by atoms with E-state index >= 15 is 0 Å². The van der Waals surface area contributed by atoms with Crippen molar-refractivity contribution in [1.82, 2.24) is 4.57 Å². The van der Waals surface area contributed by atoms with Crippen molar-refractivity contribution >= 4 is 77.9 Å². The lowest BCUT2D eigenvalue weighted by atomic mass is 9.94. The normalized spacial score (nSPS) is 11.4. The van der Waals surface area contributed by atoms with Crippen LogP contribution >= 0.6 is 0 Å². The average Bonchev–Trinajstić information content (AvgIpc) is 3.98. The largest absolute Gasteiger partial charge is 0.456 e. The molecule has 2 aromatic heterocycles. The zero-order valence-electron chi connectivity index (χ0n) is 38.2. The number of rotatable bonds is 10. The molecule has 11 aromatic carbocycles. The minimum absolute atomic E-state index is 0.868. The van der Waals surface area contributed by atoms with Crippen LogP contribution < -0.4 is 9.80 Å². The quantitative estimate of drug-likeness (QED) is 0.137. The molecule has 0 atom stereocenters. The molecule has 0 saturated carbocycles. The molecule has 0 amide bonds. The summed E-state index contributed by atoms with van der Waals surface area (Å²) in [5, 5.41) is 4.65. The van der Waals surface area contributed by atoms with Crippen molar-refractivity contribution in [2.75, 3.05) is 9.80 Å². The maximum absolute atomic E-state index is 6.48. The topological polar surface area (TPSA) is 24.6 Å². The maximum Gasteiger partial charge on any atom is 0.136 e. The molecule has 0 fully saturated rings. The molecule has 0 N–H and O–H groups in total. The van der Waals surface area contributed by atoms with E-state index in [0.717, 1.165) is 89.5 Å². The molecule has 330 valence electrons. The first-order valence-electron chi connectivity index (χ1n) is 23.8. The first-order chi connectivity index (χ1) is 34.7. The van der Waals surface area contributed by atoms with Crippen molar-refractivity contribution < 1.29 is 4.42 Å². The van der Waals surface area contributed by atoms with Gasteiger partial charge in [-0.1, -0.05) is 158 Å².